The van der Waals surface area contributed by atoms with Gasteiger partial charge in [-0.15, -0.1) is 11.3 Å². The van der Waals surface area contributed by atoms with Gasteiger partial charge in [0.05, 0.1) is 13.2 Å². The molecule has 3 aromatic rings. The standard InChI is InChI=1S/C21H19ClN2O3S/c22-18-4-2-1-3-16(18)13-27-17-7-5-15(6-8-17)20-23-19(14-28-20)21(25)24-9-11-26-12-10-24/h1-8,14H,9-13H2. The number of aromatic nitrogens is 1. The van der Waals surface area contributed by atoms with Crippen LogP contribution >= 0.6 is 22.9 Å². The first-order valence-corrected chi connectivity index (χ1v) is 10.3. The van der Waals surface area contributed by atoms with Crippen molar-refractivity contribution in [1.29, 1.82) is 0 Å². The van der Waals surface area contributed by atoms with E-state index in [2.05, 4.69) is 4.98 Å². The number of amides is 1. The molecule has 7 heteroatoms. The number of nitrogens with zero attached hydrogens (tertiary/aromatic N) is 2. The third-order valence-electron chi connectivity index (χ3n) is 4.48. The zero-order valence-corrected chi connectivity index (χ0v) is 16.7. The Morgan fingerprint density at radius 2 is 1.89 bits per heavy atom. The van der Waals surface area contributed by atoms with Crippen molar-refractivity contribution < 1.29 is 14.3 Å². The zero-order chi connectivity index (χ0) is 19.3. The van der Waals surface area contributed by atoms with Crippen molar-refractivity contribution in [3.8, 4) is 16.3 Å². The van der Waals surface area contributed by atoms with Crippen molar-refractivity contribution >= 4 is 28.8 Å². The number of hydrogen-bond donors (Lipinski definition) is 0. The minimum atomic E-state index is -0.0366. The highest BCUT2D eigenvalue weighted by Crippen LogP contribution is 2.27. The van der Waals surface area contributed by atoms with Crippen molar-refractivity contribution in [1.82, 2.24) is 9.88 Å². The lowest BCUT2D eigenvalue weighted by molar-refractivity contribution is 0.0299. The molecule has 1 amide bonds. The highest BCUT2D eigenvalue weighted by atomic mass is 35.5. The molecule has 28 heavy (non-hydrogen) atoms. The van der Waals surface area contributed by atoms with Crippen LogP contribution in [0, 0.1) is 0 Å². The van der Waals surface area contributed by atoms with Gasteiger partial charge in [-0.2, -0.15) is 0 Å². The first-order valence-electron chi connectivity index (χ1n) is 9.00. The lowest BCUT2D eigenvalue weighted by Crippen LogP contribution is -2.40. The molecule has 1 aromatic heterocycles. The topological polar surface area (TPSA) is 51.7 Å². The number of rotatable bonds is 5. The Morgan fingerprint density at radius 1 is 1.14 bits per heavy atom. The molecular weight excluding hydrogens is 396 g/mol. The number of morpholine rings is 1. The van der Waals surface area contributed by atoms with E-state index in [0.717, 1.165) is 21.9 Å². The minimum absolute atomic E-state index is 0.0366. The van der Waals surface area contributed by atoms with Crippen molar-refractivity contribution in [2.24, 2.45) is 0 Å². The van der Waals surface area contributed by atoms with E-state index >= 15 is 0 Å². The fraction of sp³-hybridized carbons (Fsp3) is 0.238. The Kier molecular flexibility index (Phi) is 5.90. The van der Waals surface area contributed by atoms with Crippen LogP contribution in [0.4, 0.5) is 0 Å². The van der Waals surface area contributed by atoms with E-state index in [-0.39, 0.29) is 5.91 Å². The van der Waals surface area contributed by atoms with Crippen molar-refractivity contribution in [3.05, 3.63) is 70.2 Å². The third kappa shape index (κ3) is 4.35. The second-order valence-corrected chi connectivity index (χ2v) is 7.61. The highest BCUT2D eigenvalue weighted by Gasteiger charge is 2.21. The Labute approximate surface area is 172 Å². The molecule has 2 heterocycles. The van der Waals surface area contributed by atoms with E-state index in [9.17, 15) is 4.79 Å². The number of thiazole rings is 1. The van der Waals surface area contributed by atoms with Crippen LogP contribution < -0.4 is 4.74 Å². The second kappa shape index (κ2) is 8.73. The van der Waals surface area contributed by atoms with Crippen molar-refractivity contribution in [3.63, 3.8) is 0 Å². The van der Waals surface area contributed by atoms with Gasteiger partial charge in [0.1, 0.15) is 23.1 Å². The molecule has 5 nitrogen and oxygen atoms in total. The average Bonchev–Trinajstić information content (AvgIpc) is 3.24. The molecule has 0 atom stereocenters. The predicted octanol–water partition coefficient (Wildman–Crippen LogP) is 4.51. The Balaban J connectivity index is 1.40. The molecule has 1 aliphatic rings. The monoisotopic (exact) mass is 414 g/mol. The summed E-state index contributed by atoms with van der Waals surface area (Å²) in [6.07, 6.45) is 0. The SMILES string of the molecule is O=C(c1csc(-c2ccc(OCc3ccccc3Cl)cc2)n1)N1CCOCC1. The molecule has 144 valence electrons. The van der Waals surface area contributed by atoms with E-state index < -0.39 is 0 Å². The number of ether oxygens (including phenoxy) is 2. The number of carbonyl (C=O) groups is 1. The molecule has 1 aliphatic heterocycles. The molecule has 0 saturated carbocycles. The van der Waals surface area contributed by atoms with Crippen molar-refractivity contribution in [2.75, 3.05) is 26.3 Å². The zero-order valence-electron chi connectivity index (χ0n) is 15.1. The minimum Gasteiger partial charge on any atom is -0.489 e. The third-order valence-corrected chi connectivity index (χ3v) is 5.74. The largest absolute Gasteiger partial charge is 0.489 e. The fourth-order valence-corrected chi connectivity index (χ4v) is 3.89. The quantitative estimate of drug-likeness (QED) is 0.616. The van der Waals surface area contributed by atoms with Crippen LogP contribution in [0.25, 0.3) is 10.6 Å². The maximum Gasteiger partial charge on any atom is 0.273 e. The summed E-state index contributed by atoms with van der Waals surface area (Å²) in [5, 5.41) is 3.32. The average molecular weight is 415 g/mol. The van der Waals surface area contributed by atoms with Crippen LogP contribution in [0.1, 0.15) is 16.1 Å². The Hall–Kier alpha value is -2.41. The van der Waals surface area contributed by atoms with Gasteiger partial charge >= 0.3 is 0 Å². The van der Waals surface area contributed by atoms with Crippen LogP contribution in [-0.4, -0.2) is 42.1 Å². The summed E-state index contributed by atoms with van der Waals surface area (Å²) in [5.41, 5.74) is 2.39. The van der Waals surface area contributed by atoms with E-state index in [1.54, 1.807) is 4.90 Å². The summed E-state index contributed by atoms with van der Waals surface area (Å²) < 4.78 is 11.1. The molecular formula is C21H19ClN2O3S. The second-order valence-electron chi connectivity index (χ2n) is 6.35. The summed E-state index contributed by atoms with van der Waals surface area (Å²) in [5.74, 6) is 0.718. The highest BCUT2D eigenvalue weighted by molar-refractivity contribution is 7.13. The molecule has 2 aromatic carbocycles. The number of carbonyl (C=O) groups excluding carboxylic acids is 1. The van der Waals surface area contributed by atoms with E-state index in [1.165, 1.54) is 11.3 Å². The summed E-state index contributed by atoms with van der Waals surface area (Å²) >= 11 is 7.62. The van der Waals surface area contributed by atoms with Gasteiger partial charge in [0.2, 0.25) is 0 Å². The summed E-state index contributed by atoms with van der Waals surface area (Å²) in [4.78, 5) is 18.8. The molecule has 0 unspecified atom stereocenters. The first-order chi connectivity index (χ1) is 13.7. The van der Waals surface area contributed by atoms with Gasteiger partial charge in [0, 0.05) is 34.6 Å². The molecule has 0 N–H and O–H groups in total. The van der Waals surface area contributed by atoms with Crippen LogP contribution in [-0.2, 0) is 11.3 Å². The normalized spacial score (nSPS) is 14.1. The number of hydrogen-bond acceptors (Lipinski definition) is 5. The number of halogens is 1. The molecule has 4 rings (SSSR count). The molecule has 1 fully saturated rings. The first kappa shape index (κ1) is 18.9. The van der Waals surface area contributed by atoms with Gasteiger partial charge in [-0.05, 0) is 30.3 Å². The van der Waals surface area contributed by atoms with Gasteiger partial charge in [-0.3, -0.25) is 4.79 Å². The maximum atomic E-state index is 12.5. The lowest BCUT2D eigenvalue weighted by atomic mass is 10.2. The summed E-state index contributed by atoms with van der Waals surface area (Å²) in [7, 11) is 0. The molecule has 1 saturated heterocycles. The molecule has 0 radical (unpaired) electrons. The van der Waals surface area contributed by atoms with E-state index in [1.807, 2.05) is 53.9 Å². The summed E-state index contributed by atoms with van der Waals surface area (Å²) in [6.45, 7) is 2.80. The fourth-order valence-electron chi connectivity index (χ4n) is 2.90. The van der Waals surface area contributed by atoms with Gasteiger partial charge in [0.25, 0.3) is 5.91 Å². The summed E-state index contributed by atoms with van der Waals surface area (Å²) in [6, 6.07) is 15.3. The van der Waals surface area contributed by atoms with Gasteiger partial charge in [0.15, 0.2) is 0 Å². The molecule has 0 spiro atoms. The predicted molar refractivity (Wildman–Crippen MR) is 110 cm³/mol. The molecule has 0 bridgehead atoms. The van der Waals surface area contributed by atoms with Gasteiger partial charge in [-0.25, -0.2) is 4.98 Å². The van der Waals surface area contributed by atoms with Crippen LogP contribution in [0.2, 0.25) is 5.02 Å². The van der Waals surface area contributed by atoms with Crippen molar-refractivity contribution in [2.45, 2.75) is 6.61 Å². The maximum absolute atomic E-state index is 12.5. The molecule has 0 aliphatic carbocycles. The number of benzene rings is 2. The smallest absolute Gasteiger partial charge is 0.273 e. The van der Waals surface area contributed by atoms with Crippen LogP contribution in [0.3, 0.4) is 0 Å². The van der Waals surface area contributed by atoms with Crippen LogP contribution in [0.15, 0.2) is 53.9 Å². The van der Waals surface area contributed by atoms with Gasteiger partial charge in [-0.1, -0.05) is 29.8 Å². The lowest BCUT2D eigenvalue weighted by Gasteiger charge is -2.25. The Bertz CT molecular complexity index is 952. The van der Waals surface area contributed by atoms with E-state index in [0.29, 0.717) is 43.6 Å². The van der Waals surface area contributed by atoms with E-state index in [4.69, 9.17) is 21.1 Å². The van der Waals surface area contributed by atoms with Gasteiger partial charge < -0.3 is 14.4 Å². The Morgan fingerprint density at radius 3 is 2.64 bits per heavy atom. The van der Waals surface area contributed by atoms with Crippen LogP contribution in [0.5, 0.6) is 5.75 Å².